The fourth-order valence-corrected chi connectivity index (χ4v) is 10.8. The van der Waals surface area contributed by atoms with E-state index in [0.717, 1.165) is 96.3 Å². The molecule has 0 aromatic heterocycles. The van der Waals surface area contributed by atoms with Gasteiger partial charge in [-0.2, -0.15) is 0 Å². The van der Waals surface area contributed by atoms with Gasteiger partial charge in [0.05, 0.1) is 0 Å². The topological polar surface area (TPSA) is 78.9 Å². The third-order valence-corrected chi connectivity index (χ3v) is 16.2. The van der Waals surface area contributed by atoms with Crippen molar-refractivity contribution in [2.75, 3.05) is 13.2 Å². The van der Waals surface area contributed by atoms with Gasteiger partial charge in [-0.25, -0.2) is 0 Å². The fraction of sp³-hybridized carbons (Fsp3) is 0.805. The van der Waals surface area contributed by atoms with Crippen LogP contribution in [0.5, 0.6) is 0 Å². The second kappa shape index (κ2) is 71.3. The fourth-order valence-electron chi connectivity index (χ4n) is 10.8. The summed E-state index contributed by atoms with van der Waals surface area (Å²) in [5.74, 6) is -0.847. The van der Waals surface area contributed by atoms with Crippen LogP contribution in [0.3, 0.4) is 0 Å². The maximum absolute atomic E-state index is 12.9. The molecule has 6 nitrogen and oxygen atoms in total. The molecule has 0 rings (SSSR count). The first-order valence-electron chi connectivity index (χ1n) is 36.4. The summed E-state index contributed by atoms with van der Waals surface area (Å²) >= 11 is 0. The van der Waals surface area contributed by atoms with Gasteiger partial charge in [-0.05, 0) is 70.6 Å². The Kier molecular flexibility index (Phi) is 68.6. The van der Waals surface area contributed by atoms with Crippen molar-refractivity contribution in [3.8, 4) is 0 Å². The average molecular weight is 1160 g/mol. The molecule has 1 atom stereocenters. The molecule has 0 aliphatic rings. The van der Waals surface area contributed by atoms with Crippen LogP contribution in [0.2, 0.25) is 0 Å². The van der Waals surface area contributed by atoms with E-state index in [1.54, 1.807) is 0 Å². The number of carbonyl (C=O) groups excluding carboxylic acids is 3. The summed E-state index contributed by atoms with van der Waals surface area (Å²) in [6, 6.07) is 0. The zero-order chi connectivity index (χ0) is 59.9. The van der Waals surface area contributed by atoms with Crippen molar-refractivity contribution in [3.63, 3.8) is 0 Å². The Morgan fingerprint density at radius 1 is 0.253 bits per heavy atom. The summed E-state index contributed by atoms with van der Waals surface area (Å²) in [6.45, 7) is 6.57. The van der Waals surface area contributed by atoms with E-state index in [0.29, 0.717) is 19.3 Å². The lowest BCUT2D eigenvalue weighted by atomic mass is 10.0. The second-order valence-electron chi connectivity index (χ2n) is 24.5. The average Bonchev–Trinajstić information content (AvgIpc) is 3.49. The van der Waals surface area contributed by atoms with E-state index in [2.05, 4.69) is 93.7 Å². The van der Waals surface area contributed by atoms with Crippen molar-refractivity contribution < 1.29 is 28.6 Å². The predicted octanol–water partition coefficient (Wildman–Crippen LogP) is 25.2. The van der Waals surface area contributed by atoms with Crippen molar-refractivity contribution in [1.29, 1.82) is 0 Å². The first-order chi connectivity index (χ1) is 41.0. The molecular formula is C77H138O6. The minimum atomic E-state index is -0.771. The molecule has 0 bridgehead atoms. The number of esters is 3. The maximum Gasteiger partial charge on any atom is 0.306 e. The van der Waals surface area contributed by atoms with Gasteiger partial charge in [0.15, 0.2) is 6.10 Å². The summed E-state index contributed by atoms with van der Waals surface area (Å²) in [4.78, 5) is 38.3. The highest BCUT2D eigenvalue weighted by atomic mass is 16.6. The van der Waals surface area contributed by atoms with Crippen LogP contribution in [0.4, 0.5) is 0 Å². The number of ether oxygens (including phenoxy) is 3. The van der Waals surface area contributed by atoms with E-state index >= 15 is 0 Å². The zero-order valence-corrected chi connectivity index (χ0v) is 55.5. The largest absolute Gasteiger partial charge is 0.462 e. The quantitative estimate of drug-likeness (QED) is 0.0261. The lowest BCUT2D eigenvalue weighted by Crippen LogP contribution is -2.30. The summed E-state index contributed by atoms with van der Waals surface area (Å²) < 4.78 is 17.0. The van der Waals surface area contributed by atoms with Crippen molar-refractivity contribution in [1.82, 2.24) is 0 Å². The third kappa shape index (κ3) is 69.5. The molecule has 0 radical (unpaired) electrons. The van der Waals surface area contributed by atoms with Crippen LogP contribution in [0.1, 0.15) is 380 Å². The van der Waals surface area contributed by atoms with Gasteiger partial charge < -0.3 is 14.2 Å². The number of unbranched alkanes of at least 4 members (excludes halogenated alkanes) is 44. The standard InChI is InChI=1S/C77H138O6/c1-4-7-10-13-16-19-21-23-25-27-29-31-33-34-35-36-37-38-39-40-41-42-44-45-47-49-51-53-55-58-61-64-67-70-76(79)82-73-74(72-81-75(78)69-66-63-60-57-18-15-12-9-6-3)83-77(80)71-68-65-62-59-56-54-52-50-48-46-43-32-30-28-26-24-22-20-17-14-11-8-5-2/h7,10,16,19,23,25,29,31,34-35,37-38,74H,4-6,8-9,11-15,17-18,20-22,24,26-28,30,32-33,36,39-73H2,1-3H3/b10-7-,19-16-,25-23-,31-29-,35-34-,38-37-. The van der Waals surface area contributed by atoms with Gasteiger partial charge in [0, 0.05) is 19.3 Å². The summed E-state index contributed by atoms with van der Waals surface area (Å²) in [5, 5.41) is 0. The first kappa shape index (κ1) is 79.8. The monoisotopic (exact) mass is 1160 g/mol. The number of hydrogen-bond acceptors (Lipinski definition) is 6. The van der Waals surface area contributed by atoms with Gasteiger partial charge in [0.2, 0.25) is 0 Å². The minimum Gasteiger partial charge on any atom is -0.462 e. The zero-order valence-electron chi connectivity index (χ0n) is 55.5. The van der Waals surface area contributed by atoms with Gasteiger partial charge in [-0.1, -0.05) is 363 Å². The van der Waals surface area contributed by atoms with Gasteiger partial charge in [0.1, 0.15) is 13.2 Å². The van der Waals surface area contributed by atoms with E-state index in [-0.39, 0.29) is 31.1 Å². The van der Waals surface area contributed by atoms with Crippen LogP contribution in [0.15, 0.2) is 72.9 Å². The van der Waals surface area contributed by atoms with Gasteiger partial charge in [-0.3, -0.25) is 14.4 Å². The normalized spacial score (nSPS) is 12.5. The van der Waals surface area contributed by atoms with E-state index in [1.165, 1.54) is 244 Å². The molecule has 0 saturated carbocycles. The minimum absolute atomic E-state index is 0.0685. The Morgan fingerprint density at radius 2 is 0.470 bits per heavy atom. The van der Waals surface area contributed by atoms with Crippen LogP contribution in [0, 0.1) is 0 Å². The molecule has 0 saturated heterocycles. The molecule has 0 heterocycles. The van der Waals surface area contributed by atoms with Crippen LogP contribution in [0.25, 0.3) is 0 Å². The number of carbonyl (C=O) groups is 3. The second-order valence-corrected chi connectivity index (χ2v) is 24.5. The van der Waals surface area contributed by atoms with Crippen LogP contribution in [-0.4, -0.2) is 37.2 Å². The highest BCUT2D eigenvalue weighted by molar-refractivity contribution is 5.71. The Hall–Kier alpha value is -3.15. The molecule has 0 aromatic rings. The Bertz CT molecular complexity index is 1520. The van der Waals surface area contributed by atoms with Gasteiger partial charge in [0.25, 0.3) is 0 Å². The van der Waals surface area contributed by atoms with E-state index in [1.807, 2.05) is 0 Å². The van der Waals surface area contributed by atoms with Crippen LogP contribution >= 0.6 is 0 Å². The van der Waals surface area contributed by atoms with Crippen molar-refractivity contribution in [2.24, 2.45) is 0 Å². The van der Waals surface area contributed by atoms with E-state index in [9.17, 15) is 14.4 Å². The smallest absolute Gasteiger partial charge is 0.306 e. The SMILES string of the molecule is CC/C=C\C/C=C\C/C=C\C/C=C\C/C=C\C/C=C\CCCCCCCCCCCCCCCCC(=O)OCC(COC(=O)CCCCCCCCCCC)OC(=O)CCCCCCCCCCCCCCCCCCCCCCCCC. The Balaban J connectivity index is 4.09. The molecule has 0 aromatic carbocycles. The number of rotatable bonds is 67. The maximum atomic E-state index is 12.9. The van der Waals surface area contributed by atoms with Crippen LogP contribution in [-0.2, 0) is 28.6 Å². The highest BCUT2D eigenvalue weighted by Crippen LogP contribution is 2.18. The van der Waals surface area contributed by atoms with Gasteiger partial charge in [-0.15, -0.1) is 0 Å². The van der Waals surface area contributed by atoms with E-state index in [4.69, 9.17) is 14.2 Å². The van der Waals surface area contributed by atoms with Crippen LogP contribution < -0.4 is 0 Å². The number of hydrogen-bond donors (Lipinski definition) is 0. The van der Waals surface area contributed by atoms with Crippen molar-refractivity contribution in [2.45, 2.75) is 386 Å². The van der Waals surface area contributed by atoms with Crippen molar-refractivity contribution >= 4 is 17.9 Å². The molecule has 0 aliphatic carbocycles. The van der Waals surface area contributed by atoms with Crippen molar-refractivity contribution in [3.05, 3.63) is 72.9 Å². The molecular weight excluding hydrogens is 1020 g/mol. The molecule has 482 valence electrons. The molecule has 0 aliphatic heterocycles. The molecule has 0 fully saturated rings. The Morgan fingerprint density at radius 3 is 0.735 bits per heavy atom. The Labute approximate surface area is 516 Å². The number of allylic oxidation sites excluding steroid dienone is 12. The lowest BCUT2D eigenvalue weighted by molar-refractivity contribution is -0.167. The molecule has 6 heteroatoms. The predicted molar refractivity (Wildman–Crippen MR) is 362 cm³/mol. The first-order valence-corrected chi connectivity index (χ1v) is 36.4. The third-order valence-electron chi connectivity index (χ3n) is 16.2. The van der Waals surface area contributed by atoms with Gasteiger partial charge >= 0.3 is 17.9 Å². The summed E-state index contributed by atoms with van der Waals surface area (Å²) in [5.41, 5.74) is 0. The summed E-state index contributed by atoms with van der Waals surface area (Å²) in [7, 11) is 0. The van der Waals surface area contributed by atoms with E-state index < -0.39 is 6.10 Å². The molecule has 83 heavy (non-hydrogen) atoms. The lowest BCUT2D eigenvalue weighted by Gasteiger charge is -2.18. The summed E-state index contributed by atoms with van der Waals surface area (Å²) in [6.07, 6.45) is 93.8. The molecule has 0 N–H and O–H groups in total. The highest BCUT2D eigenvalue weighted by Gasteiger charge is 2.19. The molecule has 0 amide bonds. The molecule has 0 spiro atoms. The molecule has 1 unspecified atom stereocenters.